The lowest BCUT2D eigenvalue weighted by molar-refractivity contribution is 0.0936. The van der Waals surface area contributed by atoms with Crippen molar-refractivity contribution in [2.75, 3.05) is 27.4 Å². The second kappa shape index (κ2) is 6.70. The maximum absolute atomic E-state index is 11.7. The SMILES string of the molecule is COCCNC(=O)c1ccc(I)c(OC)c1. The van der Waals surface area contributed by atoms with Crippen LogP contribution in [-0.2, 0) is 4.74 Å². The number of carbonyl (C=O) groups excluding carboxylic acids is 1. The topological polar surface area (TPSA) is 47.6 Å². The number of benzene rings is 1. The molecule has 1 amide bonds. The van der Waals surface area contributed by atoms with E-state index in [1.54, 1.807) is 26.4 Å². The fourth-order valence-electron chi connectivity index (χ4n) is 1.17. The summed E-state index contributed by atoms with van der Waals surface area (Å²) in [6.07, 6.45) is 0. The van der Waals surface area contributed by atoms with Crippen LogP contribution in [0.1, 0.15) is 10.4 Å². The number of amides is 1. The summed E-state index contributed by atoms with van der Waals surface area (Å²) in [6, 6.07) is 5.35. The second-order valence-corrected chi connectivity index (χ2v) is 4.26. The lowest BCUT2D eigenvalue weighted by Crippen LogP contribution is -2.26. The molecule has 0 spiro atoms. The van der Waals surface area contributed by atoms with Crippen molar-refractivity contribution in [1.82, 2.24) is 5.32 Å². The quantitative estimate of drug-likeness (QED) is 0.658. The van der Waals surface area contributed by atoms with Crippen molar-refractivity contribution < 1.29 is 14.3 Å². The average molecular weight is 335 g/mol. The van der Waals surface area contributed by atoms with E-state index in [-0.39, 0.29) is 5.91 Å². The van der Waals surface area contributed by atoms with Gasteiger partial charge in [0.1, 0.15) is 5.75 Å². The lowest BCUT2D eigenvalue weighted by atomic mass is 10.2. The molecule has 0 aliphatic carbocycles. The maximum Gasteiger partial charge on any atom is 0.251 e. The number of methoxy groups -OCH3 is 2. The van der Waals surface area contributed by atoms with E-state index in [2.05, 4.69) is 27.9 Å². The van der Waals surface area contributed by atoms with Crippen molar-refractivity contribution >= 4 is 28.5 Å². The van der Waals surface area contributed by atoms with E-state index in [1.165, 1.54) is 0 Å². The van der Waals surface area contributed by atoms with E-state index < -0.39 is 0 Å². The van der Waals surface area contributed by atoms with Gasteiger partial charge in [0.25, 0.3) is 5.91 Å². The van der Waals surface area contributed by atoms with Gasteiger partial charge in [-0.2, -0.15) is 0 Å². The molecule has 0 saturated carbocycles. The predicted molar refractivity (Wildman–Crippen MR) is 69.9 cm³/mol. The minimum Gasteiger partial charge on any atom is -0.496 e. The minimum absolute atomic E-state index is 0.119. The molecule has 0 bridgehead atoms. The van der Waals surface area contributed by atoms with Crippen LogP contribution in [0.25, 0.3) is 0 Å². The van der Waals surface area contributed by atoms with E-state index >= 15 is 0 Å². The van der Waals surface area contributed by atoms with Crippen LogP contribution < -0.4 is 10.1 Å². The summed E-state index contributed by atoms with van der Waals surface area (Å²) in [6.45, 7) is 1.01. The molecule has 0 saturated heterocycles. The second-order valence-electron chi connectivity index (χ2n) is 3.10. The molecule has 1 aromatic rings. The molecular formula is C11H14INO3. The van der Waals surface area contributed by atoms with E-state index in [1.807, 2.05) is 6.07 Å². The Balaban J connectivity index is 2.68. The molecular weight excluding hydrogens is 321 g/mol. The van der Waals surface area contributed by atoms with Crippen LogP contribution >= 0.6 is 22.6 Å². The summed E-state index contributed by atoms with van der Waals surface area (Å²) in [5, 5.41) is 2.75. The largest absolute Gasteiger partial charge is 0.496 e. The van der Waals surface area contributed by atoms with E-state index in [0.29, 0.717) is 24.5 Å². The van der Waals surface area contributed by atoms with Gasteiger partial charge >= 0.3 is 0 Å². The Kier molecular flexibility index (Phi) is 5.54. The van der Waals surface area contributed by atoms with Gasteiger partial charge < -0.3 is 14.8 Å². The standard InChI is InChI=1S/C11H14INO3/c1-15-6-5-13-11(14)8-3-4-9(12)10(7-8)16-2/h3-4,7H,5-6H2,1-2H3,(H,13,14). The number of hydrogen-bond donors (Lipinski definition) is 1. The Hall–Kier alpha value is -0.820. The van der Waals surface area contributed by atoms with Gasteiger partial charge in [0.2, 0.25) is 0 Å². The summed E-state index contributed by atoms with van der Waals surface area (Å²) in [5.41, 5.74) is 0.591. The molecule has 0 aliphatic rings. The Morgan fingerprint density at radius 2 is 2.19 bits per heavy atom. The minimum atomic E-state index is -0.119. The first-order valence-electron chi connectivity index (χ1n) is 4.79. The molecule has 0 unspecified atom stereocenters. The molecule has 1 aromatic carbocycles. The van der Waals surface area contributed by atoms with E-state index in [9.17, 15) is 4.79 Å². The zero-order chi connectivity index (χ0) is 12.0. The van der Waals surface area contributed by atoms with Crippen LogP contribution in [0.4, 0.5) is 0 Å². The van der Waals surface area contributed by atoms with Crippen molar-refractivity contribution in [2.24, 2.45) is 0 Å². The van der Waals surface area contributed by atoms with Crippen LogP contribution in [0.15, 0.2) is 18.2 Å². The molecule has 0 aromatic heterocycles. The third kappa shape index (κ3) is 3.64. The molecule has 5 heteroatoms. The molecule has 16 heavy (non-hydrogen) atoms. The van der Waals surface area contributed by atoms with Crippen molar-refractivity contribution in [3.05, 3.63) is 27.3 Å². The van der Waals surface area contributed by atoms with Gasteiger partial charge in [-0.25, -0.2) is 0 Å². The highest BCUT2D eigenvalue weighted by Crippen LogP contribution is 2.21. The summed E-state index contributed by atoms with van der Waals surface area (Å²) < 4.78 is 11.0. The van der Waals surface area contributed by atoms with Crippen LogP contribution in [0, 0.1) is 3.57 Å². The van der Waals surface area contributed by atoms with Gasteiger partial charge in [-0.05, 0) is 40.8 Å². The smallest absolute Gasteiger partial charge is 0.251 e. The predicted octanol–water partition coefficient (Wildman–Crippen LogP) is 1.68. The molecule has 0 aliphatic heterocycles. The third-order valence-corrected chi connectivity index (χ3v) is 2.90. The van der Waals surface area contributed by atoms with Gasteiger partial charge in [0, 0.05) is 19.2 Å². The van der Waals surface area contributed by atoms with E-state index in [4.69, 9.17) is 9.47 Å². The molecule has 0 heterocycles. The van der Waals surface area contributed by atoms with Gasteiger partial charge in [-0.1, -0.05) is 0 Å². The number of nitrogens with one attached hydrogen (secondary N) is 1. The van der Waals surface area contributed by atoms with E-state index in [0.717, 1.165) is 3.57 Å². The normalized spacial score (nSPS) is 9.94. The summed E-state index contributed by atoms with van der Waals surface area (Å²) in [5.74, 6) is 0.590. The molecule has 0 atom stereocenters. The Bertz CT molecular complexity index is 368. The molecule has 4 nitrogen and oxygen atoms in total. The fourth-order valence-corrected chi connectivity index (χ4v) is 1.73. The van der Waals surface area contributed by atoms with Crippen LogP contribution in [0.2, 0.25) is 0 Å². The third-order valence-electron chi connectivity index (χ3n) is 2.01. The number of ether oxygens (including phenoxy) is 2. The molecule has 88 valence electrons. The highest BCUT2D eigenvalue weighted by atomic mass is 127. The number of halogens is 1. The van der Waals surface area contributed by atoms with Gasteiger partial charge in [0.15, 0.2) is 0 Å². The zero-order valence-corrected chi connectivity index (χ0v) is 11.4. The van der Waals surface area contributed by atoms with Crippen molar-refractivity contribution in [2.45, 2.75) is 0 Å². The Morgan fingerprint density at radius 1 is 1.44 bits per heavy atom. The lowest BCUT2D eigenvalue weighted by Gasteiger charge is -2.07. The average Bonchev–Trinajstić information content (AvgIpc) is 2.30. The maximum atomic E-state index is 11.7. The van der Waals surface area contributed by atoms with Gasteiger partial charge in [-0.3, -0.25) is 4.79 Å². The Morgan fingerprint density at radius 3 is 2.81 bits per heavy atom. The van der Waals surface area contributed by atoms with Gasteiger partial charge in [-0.15, -0.1) is 0 Å². The summed E-state index contributed by atoms with van der Waals surface area (Å²) >= 11 is 2.16. The first-order valence-corrected chi connectivity index (χ1v) is 5.87. The molecule has 0 fully saturated rings. The summed E-state index contributed by atoms with van der Waals surface area (Å²) in [7, 11) is 3.18. The van der Waals surface area contributed by atoms with Crippen LogP contribution in [0.3, 0.4) is 0 Å². The Labute approximate surface area is 108 Å². The van der Waals surface area contributed by atoms with Crippen molar-refractivity contribution in [3.8, 4) is 5.75 Å². The molecule has 0 radical (unpaired) electrons. The first kappa shape index (κ1) is 13.2. The van der Waals surface area contributed by atoms with Crippen molar-refractivity contribution in [3.63, 3.8) is 0 Å². The zero-order valence-electron chi connectivity index (χ0n) is 9.25. The first-order chi connectivity index (χ1) is 7.69. The number of hydrogen-bond acceptors (Lipinski definition) is 3. The fraction of sp³-hybridized carbons (Fsp3) is 0.364. The highest BCUT2D eigenvalue weighted by molar-refractivity contribution is 14.1. The molecule has 1 rings (SSSR count). The van der Waals surface area contributed by atoms with Crippen LogP contribution in [-0.4, -0.2) is 33.3 Å². The number of rotatable bonds is 5. The van der Waals surface area contributed by atoms with Crippen molar-refractivity contribution in [1.29, 1.82) is 0 Å². The molecule has 1 N–H and O–H groups in total. The van der Waals surface area contributed by atoms with Crippen LogP contribution in [0.5, 0.6) is 5.75 Å². The highest BCUT2D eigenvalue weighted by Gasteiger charge is 2.08. The van der Waals surface area contributed by atoms with Gasteiger partial charge in [0.05, 0.1) is 17.3 Å². The monoisotopic (exact) mass is 335 g/mol. The summed E-state index contributed by atoms with van der Waals surface area (Å²) in [4.78, 5) is 11.7. The number of carbonyl (C=O) groups is 1.